The van der Waals surface area contributed by atoms with Crippen molar-refractivity contribution in [3.05, 3.63) is 41.0 Å². The quantitative estimate of drug-likeness (QED) is 0.484. The van der Waals surface area contributed by atoms with Gasteiger partial charge in [0.05, 0.1) is 28.2 Å². The molecule has 0 radical (unpaired) electrons. The number of aromatic nitrogens is 1. The van der Waals surface area contributed by atoms with Crippen molar-refractivity contribution in [2.24, 2.45) is 10.4 Å². The number of rotatable bonds is 5. The summed E-state index contributed by atoms with van der Waals surface area (Å²) in [5.41, 5.74) is 2.51. The lowest BCUT2D eigenvalue weighted by Crippen LogP contribution is -2.57. The SMILES string of the molecule is Cc1ncsc1-c1ccc([C@]2(C)N=C([C@@H]3C[C@@H](O)CN3C(=O)[C@@H](NC(=O)O)C(C)(C)C)NC2=O)cc1. The number of amides is 3. The van der Waals surface area contributed by atoms with Gasteiger partial charge in [0.15, 0.2) is 5.54 Å². The molecular weight excluding hydrogens is 482 g/mol. The summed E-state index contributed by atoms with van der Waals surface area (Å²) >= 11 is 1.55. The van der Waals surface area contributed by atoms with Gasteiger partial charge in [0.1, 0.15) is 11.9 Å². The fraction of sp³-hybridized carbons (Fsp3) is 0.480. The third kappa shape index (κ3) is 4.72. The summed E-state index contributed by atoms with van der Waals surface area (Å²) in [6, 6.07) is 5.87. The second-order valence-electron chi connectivity index (χ2n) is 10.5. The molecule has 1 aromatic carbocycles. The molecule has 0 saturated carbocycles. The van der Waals surface area contributed by atoms with Gasteiger partial charge in [0.2, 0.25) is 5.91 Å². The van der Waals surface area contributed by atoms with Crippen LogP contribution in [0.1, 0.15) is 45.4 Å². The molecule has 0 bridgehead atoms. The van der Waals surface area contributed by atoms with Crippen molar-refractivity contribution in [1.29, 1.82) is 0 Å². The van der Waals surface area contributed by atoms with Crippen LogP contribution in [0.3, 0.4) is 0 Å². The predicted molar refractivity (Wildman–Crippen MR) is 136 cm³/mol. The first-order valence-electron chi connectivity index (χ1n) is 11.7. The van der Waals surface area contributed by atoms with Crippen molar-refractivity contribution in [3.8, 4) is 10.4 Å². The van der Waals surface area contributed by atoms with Crippen LogP contribution in [0.2, 0.25) is 0 Å². The summed E-state index contributed by atoms with van der Waals surface area (Å²) in [4.78, 5) is 49.4. The largest absolute Gasteiger partial charge is 0.465 e. The number of aliphatic hydroxyl groups is 1. The van der Waals surface area contributed by atoms with Crippen molar-refractivity contribution in [3.63, 3.8) is 0 Å². The Morgan fingerprint density at radius 1 is 1.28 bits per heavy atom. The molecule has 192 valence electrons. The highest BCUT2D eigenvalue weighted by molar-refractivity contribution is 7.13. The zero-order valence-corrected chi connectivity index (χ0v) is 21.7. The summed E-state index contributed by atoms with van der Waals surface area (Å²) in [5.74, 6) is -0.511. The van der Waals surface area contributed by atoms with Crippen LogP contribution >= 0.6 is 11.3 Å². The zero-order chi connectivity index (χ0) is 26.4. The molecule has 1 fully saturated rings. The number of likely N-dealkylation sites (tertiary alicyclic amines) is 1. The summed E-state index contributed by atoms with van der Waals surface area (Å²) in [7, 11) is 0. The van der Waals surface area contributed by atoms with E-state index < -0.39 is 41.1 Å². The summed E-state index contributed by atoms with van der Waals surface area (Å²) in [6.45, 7) is 8.96. The van der Waals surface area contributed by atoms with Crippen LogP contribution in [0.5, 0.6) is 0 Å². The Balaban J connectivity index is 1.63. The smallest absolute Gasteiger partial charge is 0.405 e. The van der Waals surface area contributed by atoms with Crippen LogP contribution in [-0.2, 0) is 15.1 Å². The van der Waals surface area contributed by atoms with Crippen LogP contribution < -0.4 is 10.6 Å². The Hall–Kier alpha value is -3.31. The molecule has 3 heterocycles. The number of carbonyl (C=O) groups excluding carboxylic acids is 2. The maximum Gasteiger partial charge on any atom is 0.405 e. The highest BCUT2D eigenvalue weighted by atomic mass is 32.1. The van der Waals surface area contributed by atoms with Gasteiger partial charge in [-0.3, -0.25) is 9.59 Å². The first kappa shape index (κ1) is 25.8. The minimum atomic E-state index is -1.31. The van der Waals surface area contributed by atoms with Gasteiger partial charge >= 0.3 is 6.09 Å². The lowest BCUT2D eigenvalue weighted by atomic mass is 9.85. The number of aryl methyl sites for hydroxylation is 1. The second-order valence-corrected chi connectivity index (χ2v) is 11.4. The number of aliphatic imine (C=N–C) groups is 1. The van der Waals surface area contributed by atoms with Crippen molar-refractivity contribution in [2.45, 2.75) is 64.8 Å². The summed E-state index contributed by atoms with van der Waals surface area (Å²) in [5, 5.41) is 24.8. The maximum atomic E-state index is 13.4. The summed E-state index contributed by atoms with van der Waals surface area (Å²) < 4.78 is 0. The monoisotopic (exact) mass is 513 g/mol. The van der Waals surface area contributed by atoms with E-state index in [1.165, 1.54) is 4.90 Å². The minimum absolute atomic E-state index is 0.0197. The lowest BCUT2D eigenvalue weighted by molar-refractivity contribution is -0.136. The van der Waals surface area contributed by atoms with Crippen molar-refractivity contribution >= 4 is 35.1 Å². The van der Waals surface area contributed by atoms with Crippen LogP contribution in [0.4, 0.5) is 4.79 Å². The fourth-order valence-electron chi connectivity index (χ4n) is 4.69. The summed E-state index contributed by atoms with van der Waals surface area (Å²) in [6.07, 6.45) is -1.94. The highest BCUT2D eigenvalue weighted by Gasteiger charge is 2.48. The highest BCUT2D eigenvalue weighted by Crippen LogP contribution is 2.35. The van der Waals surface area contributed by atoms with E-state index in [-0.39, 0.29) is 24.7 Å². The number of carbonyl (C=O) groups is 3. The molecule has 1 saturated heterocycles. The van der Waals surface area contributed by atoms with Gasteiger partial charge in [0.25, 0.3) is 5.91 Å². The van der Waals surface area contributed by atoms with E-state index in [1.807, 2.05) is 31.2 Å². The Morgan fingerprint density at radius 2 is 1.94 bits per heavy atom. The molecule has 4 rings (SSSR count). The van der Waals surface area contributed by atoms with E-state index in [1.54, 1.807) is 44.5 Å². The van der Waals surface area contributed by atoms with Gasteiger partial charge in [0, 0.05) is 13.0 Å². The van der Waals surface area contributed by atoms with Crippen LogP contribution in [0.15, 0.2) is 34.8 Å². The van der Waals surface area contributed by atoms with E-state index in [0.717, 1.165) is 16.1 Å². The van der Waals surface area contributed by atoms with E-state index in [4.69, 9.17) is 4.99 Å². The molecule has 2 aliphatic heterocycles. The Morgan fingerprint density at radius 3 is 2.50 bits per heavy atom. The van der Waals surface area contributed by atoms with E-state index in [9.17, 15) is 24.6 Å². The van der Waals surface area contributed by atoms with Gasteiger partial charge in [-0.1, -0.05) is 45.0 Å². The molecule has 2 aromatic rings. The molecule has 0 spiro atoms. The molecule has 2 aliphatic rings. The van der Waals surface area contributed by atoms with Crippen molar-refractivity contribution in [1.82, 2.24) is 20.5 Å². The van der Waals surface area contributed by atoms with Crippen LogP contribution in [0, 0.1) is 12.3 Å². The van der Waals surface area contributed by atoms with Crippen LogP contribution in [0.25, 0.3) is 10.4 Å². The van der Waals surface area contributed by atoms with Crippen LogP contribution in [-0.4, -0.2) is 68.6 Å². The number of β-amino-alcohol motifs (C(OH)–C–C–N with tert-alkyl or cyclic N) is 1. The number of nitrogens with zero attached hydrogens (tertiary/aromatic N) is 3. The average molecular weight is 514 g/mol. The number of thiazole rings is 1. The number of carboxylic acid groups (broad SMARTS) is 1. The van der Waals surface area contributed by atoms with Gasteiger partial charge < -0.3 is 25.7 Å². The molecule has 0 unspecified atom stereocenters. The number of hydrogen-bond acceptors (Lipinski definition) is 7. The predicted octanol–water partition coefficient (Wildman–Crippen LogP) is 2.51. The molecule has 4 atom stereocenters. The number of hydrogen-bond donors (Lipinski definition) is 4. The van der Waals surface area contributed by atoms with E-state index >= 15 is 0 Å². The van der Waals surface area contributed by atoms with E-state index in [2.05, 4.69) is 15.6 Å². The zero-order valence-electron chi connectivity index (χ0n) is 20.9. The van der Waals surface area contributed by atoms with Gasteiger partial charge in [-0.2, -0.15) is 0 Å². The Bertz CT molecular complexity index is 1220. The van der Waals surface area contributed by atoms with Crippen molar-refractivity contribution < 1.29 is 24.6 Å². The molecular formula is C25H31N5O5S. The molecule has 3 amide bonds. The third-order valence-electron chi connectivity index (χ3n) is 6.74. The normalized spacial score (nSPS) is 24.9. The number of aliphatic hydroxyl groups excluding tert-OH is 1. The molecule has 36 heavy (non-hydrogen) atoms. The van der Waals surface area contributed by atoms with Gasteiger partial charge in [-0.05, 0) is 30.4 Å². The Labute approximate surface area is 213 Å². The van der Waals surface area contributed by atoms with E-state index in [0.29, 0.717) is 5.56 Å². The first-order chi connectivity index (χ1) is 16.8. The molecule has 10 nitrogen and oxygen atoms in total. The number of nitrogens with one attached hydrogen (secondary N) is 2. The molecule has 11 heteroatoms. The first-order valence-corrected chi connectivity index (χ1v) is 12.6. The molecule has 4 N–H and O–H groups in total. The lowest BCUT2D eigenvalue weighted by Gasteiger charge is -2.34. The minimum Gasteiger partial charge on any atom is -0.465 e. The molecule has 1 aromatic heterocycles. The second kappa shape index (κ2) is 9.29. The van der Waals surface area contributed by atoms with Crippen molar-refractivity contribution in [2.75, 3.05) is 6.54 Å². The fourth-order valence-corrected chi connectivity index (χ4v) is 5.50. The topological polar surface area (TPSA) is 144 Å². The number of amidine groups is 1. The third-order valence-corrected chi connectivity index (χ3v) is 7.72. The Kier molecular flexibility index (Phi) is 6.65. The van der Waals surface area contributed by atoms with Gasteiger partial charge in [-0.25, -0.2) is 14.8 Å². The van der Waals surface area contributed by atoms with Gasteiger partial charge in [-0.15, -0.1) is 11.3 Å². The standard InChI is InChI=1S/C25H31N5O5S/c1-13-18(36-12-26-13)14-6-8-15(9-7-14)25(5)22(33)28-20(29-25)17-10-16(31)11-30(17)21(32)19(24(2,3)4)27-23(34)35/h6-9,12,16-17,19,27,31H,10-11H2,1-5H3,(H,34,35)(H,28,29,33)/t16-,17+,19-,25+/m1/s1. The molecule has 0 aliphatic carbocycles. The number of benzene rings is 1. The average Bonchev–Trinajstić information content (AvgIpc) is 3.48. The maximum absolute atomic E-state index is 13.4.